The molecule has 2 aromatic rings. The van der Waals surface area contributed by atoms with Crippen LogP contribution in [0.2, 0.25) is 0 Å². The highest BCUT2D eigenvalue weighted by Gasteiger charge is 2.40. The van der Waals surface area contributed by atoms with E-state index in [9.17, 15) is 14.4 Å². The number of hydrogen-bond acceptors (Lipinski definition) is 6. The third-order valence-corrected chi connectivity index (χ3v) is 6.91. The molecule has 3 aliphatic rings. The zero-order valence-corrected chi connectivity index (χ0v) is 18.5. The summed E-state index contributed by atoms with van der Waals surface area (Å²) in [7, 11) is 0. The van der Waals surface area contributed by atoms with Crippen molar-refractivity contribution in [3.8, 4) is 0 Å². The Morgan fingerprint density at radius 3 is 2.52 bits per heavy atom. The summed E-state index contributed by atoms with van der Waals surface area (Å²) >= 11 is 0. The number of nitrogens with one attached hydrogen (secondary N) is 1. The molecule has 1 unspecified atom stereocenters. The van der Waals surface area contributed by atoms with Crippen LogP contribution in [-0.4, -0.2) is 56.6 Å². The fourth-order valence-corrected chi connectivity index (χ4v) is 5.08. The third kappa shape index (κ3) is 4.25. The van der Waals surface area contributed by atoms with Crippen LogP contribution in [0.1, 0.15) is 64.5 Å². The highest BCUT2D eigenvalue weighted by Crippen LogP contribution is 2.35. The van der Waals surface area contributed by atoms with E-state index in [1.54, 1.807) is 0 Å². The molecule has 8 nitrogen and oxygen atoms in total. The fourth-order valence-electron chi connectivity index (χ4n) is 5.08. The number of carbonyl (C=O) groups is 3. The van der Waals surface area contributed by atoms with Gasteiger partial charge in [-0.3, -0.25) is 24.6 Å². The zero-order valence-electron chi connectivity index (χ0n) is 18.5. The minimum absolute atomic E-state index is 0.0839. The van der Waals surface area contributed by atoms with Crippen LogP contribution in [0, 0.1) is 12.7 Å². The van der Waals surface area contributed by atoms with E-state index in [1.165, 1.54) is 11.0 Å². The Hall–Kier alpha value is -3.20. The van der Waals surface area contributed by atoms with Crippen molar-refractivity contribution in [3.63, 3.8) is 0 Å². The number of aryl methyl sites for hydroxylation is 1. The number of aromatic nitrogens is 2. The lowest BCUT2D eigenvalue weighted by molar-refractivity contribution is -0.136. The number of benzene rings is 1. The summed E-state index contributed by atoms with van der Waals surface area (Å²) < 4.78 is 15.1. The summed E-state index contributed by atoms with van der Waals surface area (Å²) in [6, 6.07) is 2.44. The van der Waals surface area contributed by atoms with Gasteiger partial charge in [0, 0.05) is 43.0 Å². The second-order valence-corrected chi connectivity index (χ2v) is 9.12. The maximum absolute atomic E-state index is 15.1. The number of fused-ring (bicyclic) bond motifs is 1. The zero-order chi connectivity index (χ0) is 23.1. The lowest BCUT2D eigenvalue weighted by Gasteiger charge is -2.32. The monoisotopic (exact) mass is 451 g/mol. The number of piperidine rings is 2. The van der Waals surface area contributed by atoms with Crippen molar-refractivity contribution >= 4 is 17.7 Å². The maximum Gasteiger partial charge on any atom is 0.255 e. The predicted molar refractivity (Wildman–Crippen MR) is 116 cm³/mol. The van der Waals surface area contributed by atoms with Gasteiger partial charge in [0.25, 0.3) is 5.91 Å². The first-order valence-electron chi connectivity index (χ1n) is 11.4. The van der Waals surface area contributed by atoms with Gasteiger partial charge in [-0.05, 0) is 62.4 Å². The molecule has 9 heteroatoms. The summed E-state index contributed by atoms with van der Waals surface area (Å²) in [5.74, 6) is -0.660. The van der Waals surface area contributed by atoms with Crippen LogP contribution >= 0.6 is 0 Å². The van der Waals surface area contributed by atoms with Crippen LogP contribution in [-0.2, 0) is 22.7 Å². The van der Waals surface area contributed by atoms with Gasteiger partial charge < -0.3 is 4.90 Å². The second kappa shape index (κ2) is 8.62. The number of nitrogens with zero attached hydrogens (tertiary/aromatic N) is 4. The van der Waals surface area contributed by atoms with Gasteiger partial charge in [-0.1, -0.05) is 6.07 Å². The van der Waals surface area contributed by atoms with E-state index in [-0.39, 0.29) is 36.5 Å². The van der Waals surface area contributed by atoms with E-state index in [2.05, 4.69) is 20.2 Å². The molecule has 33 heavy (non-hydrogen) atoms. The molecule has 172 valence electrons. The number of halogens is 1. The molecule has 0 radical (unpaired) electrons. The normalized spacial score (nSPS) is 21.9. The standard InChI is InChI=1S/C24H26FN5O3/c1-14-26-10-15(11-27-14)12-29-6-4-16(5-7-29)18-8-17-13-30(24(33)19(17)9-20(18)25)21-2-3-22(31)28-23(21)32/h8-11,16,21H,2-7,12-13H2,1H3,(H,28,31,32). The molecular formula is C24H26FN5O3. The lowest BCUT2D eigenvalue weighted by atomic mass is 9.87. The number of carbonyl (C=O) groups excluding carboxylic acids is 3. The molecule has 3 amide bonds. The molecule has 4 heterocycles. The molecule has 0 spiro atoms. The Kier molecular flexibility index (Phi) is 5.65. The number of amides is 3. The maximum atomic E-state index is 15.1. The minimum atomic E-state index is -0.692. The molecule has 0 aliphatic carbocycles. The van der Waals surface area contributed by atoms with Crippen LogP contribution in [0.25, 0.3) is 0 Å². The molecule has 2 fully saturated rings. The molecule has 3 aliphatic heterocycles. The number of likely N-dealkylation sites (tertiary alicyclic amines) is 1. The van der Waals surface area contributed by atoms with E-state index >= 15 is 4.39 Å². The van der Waals surface area contributed by atoms with Crippen molar-refractivity contribution in [2.45, 2.75) is 57.7 Å². The first kappa shape index (κ1) is 21.6. The second-order valence-electron chi connectivity index (χ2n) is 9.12. The number of imide groups is 1. The van der Waals surface area contributed by atoms with E-state index in [0.717, 1.165) is 49.4 Å². The van der Waals surface area contributed by atoms with Crippen molar-refractivity contribution in [2.75, 3.05) is 13.1 Å². The predicted octanol–water partition coefficient (Wildman–Crippen LogP) is 2.06. The largest absolute Gasteiger partial charge is 0.322 e. The van der Waals surface area contributed by atoms with Crippen LogP contribution < -0.4 is 5.32 Å². The van der Waals surface area contributed by atoms with E-state index < -0.39 is 11.9 Å². The highest BCUT2D eigenvalue weighted by atomic mass is 19.1. The Balaban J connectivity index is 1.26. The topological polar surface area (TPSA) is 95.5 Å². The molecule has 0 bridgehead atoms. The average molecular weight is 452 g/mol. The first-order chi connectivity index (χ1) is 15.9. The van der Waals surface area contributed by atoms with Crippen molar-refractivity contribution in [3.05, 3.63) is 58.4 Å². The smallest absolute Gasteiger partial charge is 0.255 e. The van der Waals surface area contributed by atoms with Gasteiger partial charge in [0.15, 0.2) is 0 Å². The number of rotatable bonds is 4. The Morgan fingerprint density at radius 2 is 1.82 bits per heavy atom. The molecular weight excluding hydrogens is 425 g/mol. The van der Waals surface area contributed by atoms with Gasteiger partial charge in [0.05, 0.1) is 0 Å². The van der Waals surface area contributed by atoms with Gasteiger partial charge in [-0.2, -0.15) is 0 Å². The van der Waals surface area contributed by atoms with E-state index in [1.807, 2.05) is 25.4 Å². The van der Waals surface area contributed by atoms with Crippen LogP contribution in [0.3, 0.4) is 0 Å². The van der Waals surface area contributed by atoms with Crippen LogP contribution in [0.15, 0.2) is 24.5 Å². The quantitative estimate of drug-likeness (QED) is 0.715. The summed E-state index contributed by atoms with van der Waals surface area (Å²) in [4.78, 5) is 48.8. The first-order valence-corrected chi connectivity index (χ1v) is 11.4. The van der Waals surface area contributed by atoms with Crippen molar-refractivity contribution in [1.82, 2.24) is 25.1 Å². The van der Waals surface area contributed by atoms with Gasteiger partial charge in [-0.15, -0.1) is 0 Å². The van der Waals surface area contributed by atoms with Gasteiger partial charge >= 0.3 is 0 Å². The van der Waals surface area contributed by atoms with Gasteiger partial charge in [-0.25, -0.2) is 14.4 Å². The molecule has 0 saturated carbocycles. The average Bonchev–Trinajstić information content (AvgIpc) is 3.11. The lowest BCUT2D eigenvalue weighted by Crippen LogP contribution is -2.52. The van der Waals surface area contributed by atoms with Crippen molar-refractivity contribution in [2.24, 2.45) is 0 Å². The van der Waals surface area contributed by atoms with Crippen LogP contribution in [0.5, 0.6) is 0 Å². The fraction of sp³-hybridized carbons (Fsp3) is 0.458. The molecule has 1 atom stereocenters. The van der Waals surface area contributed by atoms with Crippen LogP contribution in [0.4, 0.5) is 4.39 Å². The van der Waals surface area contributed by atoms with Gasteiger partial charge in [0.2, 0.25) is 11.8 Å². The van der Waals surface area contributed by atoms with Crippen molar-refractivity contribution < 1.29 is 18.8 Å². The minimum Gasteiger partial charge on any atom is -0.322 e. The summed E-state index contributed by atoms with van der Waals surface area (Å²) in [5.41, 5.74) is 2.78. The van der Waals surface area contributed by atoms with Crippen molar-refractivity contribution in [1.29, 1.82) is 0 Å². The summed E-state index contributed by atoms with van der Waals surface area (Å²) in [6.07, 6.45) is 5.84. The van der Waals surface area contributed by atoms with E-state index in [0.29, 0.717) is 17.5 Å². The summed E-state index contributed by atoms with van der Waals surface area (Å²) in [5, 5.41) is 2.29. The highest BCUT2D eigenvalue weighted by molar-refractivity contribution is 6.05. The summed E-state index contributed by atoms with van der Waals surface area (Å²) in [6.45, 7) is 4.58. The molecule has 1 aromatic carbocycles. The molecule has 1 aromatic heterocycles. The Bertz CT molecular complexity index is 1110. The number of hydrogen-bond donors (Lipinski definition) is 1. The molecule has 1 N–H and O–H groups in total. The Labute approximate surface area is 191 Å². The molecule has 2 saturated heterocycles. The molecule has 5 rings (SSSR count). The Morgan fingerprint density at radius 1 is 1.09 bits per heavy atom. The van der Waals surface area contributed by atoms with E-state index in [4.69, 9.17) is 0 Å². The van der Waals surface area contributed by atoms with Gasteiger partial charge in [0.1, 0.15) is 17.7 Å². The third-order valence-electron chi connectivity index (χ3n) is 6.91. The SMILES string of the molecule is Cc1ncc(CN2CCC(c3cc4c(cc3F)C(=O)N(C3CCC(=O)NC3=O)C4)CC2)cn1.